The number of rotatable bonds is 6. The van der Waals surface area contributed by atoms with Crippen LogP contribution in [0, 0.1) is 0 Å². The third-order valence-corrected chi connectivity index (χ3v) is 2.86. The summed E-state index contributed by atoms with van der Waals surface area (Å²) >= 11 is 0. The Hall–Kier alpha value is -2.14. The molecule has 5 heteroatoms. The number of hydrogen-bond donors (Lipinski definition) is 0. The zero-order chi connectivity index (χ0) is 14.4. The molecular formula is C15H20N4O. The molecule has 0 aliphatic heterocycles. The average Bonchev–Trinajstić information content (AvgIpc) is 2.87. The minimum absolute atomic E-state index is 0.700. The summed E-state index contributed by atoms with van der Waals surface area (Å²) in [5, 5.41) is 4.31. The van der Waals surface area contributed by atoms with Crippen molar-refractivity contribution in [2.24, 2.45) is 4.99 Å². The van der Waals surface area contributed by atoms with Crippen molar-refractivity contribution in [1.29, 1.82) is 0 Å². The molecule has 1 aromatic heterocycles. The van der Waals surface area contributed by atoms with Crippen molar-refractivity contribution in [3.8, 4) is 5.75 Å². The van der Waals surface area contributed by atoms with E-state index in [4.69, 9.17) is 4.74 Å². The molecule has 0 amide bonds. The first-order chi connectivity index (χ1) is 9.69. The second kappa shape index (κ2) is 6.86. The molecule has 0 unspecified atom stereocenters. The Kier molecular flexibility index (Phi) is 4.90. The van der Waals surface area contributed by atoms with E-state index in [-0.39, 0.29) is 0 Å². The highest BCUT2D eigenvalue weighted by Gasteiger charge is 2.02. The quantitative estimate of drug-likeness (QED) is 0.757. The van der Waals surface area contributed by atoms with Crippen molar-refractivity contribution in [3.05, 3.63) is 42.1 Å². The van der Waals surface area contributed by atoms with Crippen molar-refractivity contribution >= 4 is 12.0 Å². The predicted molar refractivity (Wildman–Crippen MR) is 81.0 cm³/mol. The molecule has 0 N–H and O–H groups in total. The molecule has 5 nitrogen and oxygen atoms in total. The SMILES string of the molecule is COc1ccc(Cn2nccc2/N=C/CN(C)C)cc1. The van der Waals surface area contributed by atoms with Crippen molar-refractivity contribution in [1.82, 2.24) is 14.7 Å². The van der Waals surface area contributed by atoms with E-state index in [1.807, 2.05) is 55.3 Å². The Labute approximate surface area is 119 Å². The summed E-state index contributed by atoms with van der Waals surface area (Å²) in [4.78, 5) is 6.51. The summed E-state index contributed by atoms with van der Waals surface area (Å²) in [5.41, 5.74) is 1.17. The first-order valence-electron chi connectivity index (χ1n) is 6.51. The van der Waals surface area contributed by atoms with Crippen LogP contribution in [0.15, 0.2) is 41.5 Å². The third kappa shape index (κ3) is 3.93. The van der Waals surface area contributed by atoms with Crippen LogP contribution in [0.25, 0.3) is 0 Å². The molecule has 0 atom stereocenters. The highest BCUT2D eigenvalue weighted by Crippen LogP contribution is 2.15. The Balaban J connectivity index is 2.05. The summed E-state index contributed by atoms with van der Waals surface area (Å²) in [7, 11) is 5.70. The number of nitrogens with zero attached hydrogens (tertiary/aromatic N) is 4. The average molecular weight is 272 g/mol. The first kappa shape index (κ1) is 14.3. The molecule has 0 aliphatic rings. The Bertz CT molecular complexity index is 558. The Morgan fingerprint density at radius 1 is 1.25 bits per heavy atom. The zero-order valence-corrected chi connectivity index (χ0v) is 12.2. The highest BCUT2D eigenvalue weighted by atomic mass is 16.5. The number of aliphatic imine (C=N–C) groups is 1. The number of benzene rings is 1. The molecule has 0 spiro atoms. The van der Waals surface area contributed by atoms with Gasteiger partial charge in [-0.15, -0.1) is 0 Å². The number of methoxy groups -OCH3 is 1. The molecule has 1 heterocycles. The lowest BCUT2D eigenvalue weighted by atomic mass is 10.2. The normalized spacial score (nSPS) is 11.4. The predicted octanol–water partition coefficient (Wildman–Crippen LogP) is 2.20. The van der Waals surface area contributed by atoms with Crippen LogP contribution in [0.4, 0.5) is 5.82 Å². The van der Waals surface area contributed by atoms with Crippen LogP contribution in [-0.2, 0) is 6.54 Å². The van der Waals surface area contributed by atoms with Gasteiger partial charge in [-0.2, -0.15) is 5.10 Å². The molecule has 0 fully saturated rings. The van der Waals surface area contributed by atoms with Crippen molar-refractivity contribution in [2.45, 2.75) is 6.54 Å². The van der Waals surface area contributed by atoms with E-state index in [9.17, 15) is 0 Å². The van der Waals surface area contributed by atoms with E-state index in [0.29, 0.717) is 6.54 Å². The van der Waals surface area contributed by atoms with Crippen LogP contribution >= 0.6 is 0 Å². The zero-order valence-electron chi connectivity index (χ0n) is 12.2. The molecule has 0 saturated carbocycles. The topological polar surface area (TPSA) is 42.6 Å². The molecular weight excluding hydrogens is 252 g/mol. The molecule has 0 radical (unpaired) electrons. The molecule has 2 rings (SSSR count). The fraction of sp³-hybridized carbons (Fsp3) is 0.333. The van der Waals surface area contributed by atoms with Gasteiger partial charge in [0.1, 0.15) is 11.6 Å². The van der Waals surface area contributed by atoms with E-state index in [1.165, 1.54) is 5.56 Å². The largest absolute Gasteiger partial charge is 0.497 e. The van der Waals surface area contributed by atoms with Gasteiger partial charge in [-0.05, 0) is 31.8 Å². The van der Waals surface area contributed by atoms with Crippen LogP contribution in [0.1, 0.15) is 5.56 Å². The Morgan fingerprint density at radius 2 is 2.00 bits per heavy atom. The summed E-state index contributed by atoms with van der Waals surface area (Å²) in [6.45, 7) is 1.51. The van der Waals surface area contributed by atoms with Crippen LogP contribution in [0.5, 0.6) is 5.75 Å². The maximum absolute atomic E-state index is 5.15. The van der Waals surface area contributed by atoms with E-state index in [2.05, 4.69) is 15.0 Å². The van der Waals surface area contributed by atoms with Gasteiger partial charge in [0.2, 0.25) is 0 Å². The Morgan fingerprint density at radius 3 is 2.65 bits per heavy atom. The minimum atomic E-state index is 0.700. The number of aromatic nitrogens is 2. The first-order valence-corrected chi connectivity index (χ1v) is 6.51. The van der Waals surface area contributed by atoms with Crippen LogP contribution in [-0.4, -0.2) is 48.6 Å². The van der Waals surface area contributed by atoms with E-state index in [0.717, 1.165) is 18.1 Å². The van der Waals surface area contributed by atoms with Crippen molar-refractivity contribution in [3.63, 3.8) is 0 Å². The lowest BCUT2D eigenvalue weighted by Crippen LogP contribution is -2.13. The van der Waals surface area contributed by atoms with Crippen LogP contribution in [0.3, 0.4) is 0 Å². The highest BCUT2D eigenvalue weighted by molar-refractivity contribution is 5.63. The molecule has 0 bridgehead atoms. The van der Waals surface area contributed by atoms with Gasteiger partial charge in [-0.25, -0.2) is 9.67 Å². The van der Waals surface area contributed by atoms with Crippen molar-refractivity contribution < 1.29 is 4.74 Å². The summed E-state index contributed by atoms with van der Waals surface area (Å²) in [5.74, 6) is 1.72. The fourth-order valence-corrected chi connectivity index (χ4v) is 1.76. The van der Waals surface area contributed by atoms with Gasteiger partial charge in [0.25, 0.3) is 0 Å². The van der Waals surface area contributed by atoms with Crippen molar-refractivity contribution in [2.75, 3.05) is 27.7 Å². The molecule has 2 aromatic rings. The number of hydrogen-bond acceptors (Lipinski definition) is 4. The third-order valence-electron chi connectivity index (χ3n) is 2.86. The maximum Gasteiger partial charge on any atom is 0.150 e. The van der Waals surface area contributed by atoms with E-state index < -0.39 is 0 Å². The smallest absolute Gasteiger partial charge is 0.150 e. The lowest BCUT2D eigenvalue weighted by Gasteiger charge is -2.06. The van der Waals surface area contributed by atoms with Gasteiger partial charge in [-0.1, -0.05) is 12.1 Å². The second-order valence-electron chi connectivity index (χ2n) is 4.77. The number of ether oxygens (including phenoxy) is 1. The van der Waals surface area contributed by atoms with Gasteiger partial charge in [-0.3, -0.25) is 0 Å². The standard InChI is InChI=1S/C15H20N4O/c1-18(2)11-10-16-15-8-9-17-19(15)12-13-4-6-14(20-3)7-5-13/h4-10H,11-12H2,1-3H3/b16-10+. The molecule has 20 heavy (non-hydrogen) atoms. The summed E-state index contributed by atoms with van der Waals surface area (Å²) < 4.78 is 7.04. The molecule has 1 aromatic carbocycles. The molecule has 106 valence electrons. The molecule has 0 aliphatic carbocycles. The lowest BCUT2D eigenvalue weighted by molar-refractivity contribution is 0.414. The minimum Gasteiger partial charge on any atom is -0.497 e. The van der Waals surface area contributed by atoms with E-state index in [1.54, 1.807) is 13.3 Å². The van der Waals surface area contributed by atoms with Crippen LogP contribution in [0.2, 0.25) is 0 Å². The van der Waals surface area contributed by atoms with Gasteiger partial charge < -0.3 is 9.64 Å². The van der Waals surface area contributed by atoms with Crippen LogP contribution < -0.4 is 4.74 Å². The van der Waals surface area contributed by atoms with Gasteiger partial charge in [0, 0.05) is 18.8 Å². The fourth-order valence-electron chi connectivity index (χ4n) is 1.76. The summed E-state index contributed by atoms with van der Waals surface area (Å²) in [6, 6.07) is 9.89. The maximum atomic E-state index is 5.15. The van der Waals surface area contributed by atoms with Gasteiger partial charge in [0.05, 0.1) is 19.9 Å². The summed E-state index contributed by atoms with van der Waals surface area (Å²) in [6.07, 6.45) is 3.66. The second-order valence-corrected chi connectivity index (χ2v) is 4.77. The monoisotopic (exact) mass is 272 g/mol. The van der Waals surface area contributed by atoms with E-state index >= 15 is 0 Å². The van der Waals surface area contributed by atoms with Gasteiger partial charge >= 0.3 is 0 Å². The molecule has 0 saturated heterocycles. The van der Waals surface area contributed by atoms with Gasteiger partial charge in [0.15, 0.2) is 0 Å².